The summed E-state index contributed by atoms with van der Waals surface area (Å²) < 4.78 is 9.12. The average Bonchev–Trinajstić information content (AvgIpc) is 3.05. The predicted octanol–water partition coefficient (Wildman–Crippen LogP) is -1.01. The first-order valence-corrected chi connectivity index (χ1v) is 8.96. The van der Waals surface area contributed by atoms with Crippen LogP contribution in [0, 0.1) is 5.41 Å². The lowest BCUT2D eigenvalue weighted by Crippen LogP contribution is -2.49. The van der Waals surface area contributed by atoms with E-state index in [0.29, 0.717) is 24.3 Å². The number of nitrogens with zero attached hydrogens (tertiary/aromatic N) is 4. The maximum absolute atomic E-state index is 12.7. The van der Waals surface area contributed by atoms with Crippen LogP contribution in [-0.2, 0) is 30.2 Å². The molecule has 2 N–H and O–H groups in total. The third-order valence-corrected chi connectivity index (χ3v) is 5.28. The number of aryl methyl sites for hydroxylation is 2. The average molecular weight is 415 g/mol. The molecule has 3 heterocycles. The van der Waals surface area contributed by atoms with Crippen molar-refractivity contribution in [1.82, 2.24) is 29.3 Å². The Bertz CT molecular complexity index is 951. The molecule has 156 valence electrons. The van der Waals surface area contributed by atoms with Crippen LogP contribution in [0.1, 0.15) is 12.8 Å². The van der Waals surface area contributed by atoms with Crippen LogP contribution in [0.3, 0.4) is 0 Å². The molecule has 1 aliphatic heterocycles. The van der Waals surface area contributed by atoms with Crippen molar-refractivity contribution >= 4 is 29.5 Å². The monoisotopic (exact) mass is 414 g/mol. The number of ether oxygens (including phenoxy) is 1. The minimum Gasteiger partial charge on any atom is -0.384 e. The number of fused-ring (bicyclic) bond motifs is 1. The van der Waals surface area contributed by atoms with Gasteiger partial charge in [-0.25, -0.2) is 14.3 Å². The van der Waals surface area contributed by atoms with Crippen molar-refractivity contribution in [2.75, 3.05) is 33.4 Å². The van der Waals surface area contributed by atoms with Gasteiger partial charge in [0.25, 0.3) is 5.56 Å². The van der Waals surface area contributed by atoms with Crippen LogP contribution in [0.15, 0.2) is 15.9 Å². The van der Waals surface area contributed by atoms with Gasteiger partial charge in [-0.05, 0) is 25.9 Å². The first kappa shape index (κ1) is 22.1. The lowest BCUT2D eigenvalue weighted by atomic mass is 9.79. The second-order valence-corrected chi connectivity index (χ2v) is 7.22. The highest BCUT2D eigenvalue weighted by Gasteiger charge is 2.32. The SMILES string of the molecule is COCC1(CNC(=O)Cn2c(=O)c3c(ncn3C)n(C)c2=O)CCNCC1.Cl. The number of hydrogen-bond donors (Lipinski definition) is 2. The molecule has 0 unspecified atom stereocenters. The molecule has 0 aromatic carbocycles. The van der Waals surface area contributed by atoms with Crippen molar-refractivity contribution in [3.05, 3.63) is 27.2 Å². The topological polar surface area (TPSA) is 112 Å². The Morgan fingerprint density at radius 1 is 1.32 bits per heavy atom. The number of rotatable bonds is 6. The summed E-state index contributed by atoms with van der Waals surface area (Å²) in [6.45, 7) is 2.42. The number of carbonyl (C=O) groups is 1. The van der Waals surface area contributed by atoms with E-state index in [2.05, 4.69) is 15.6 Å². The number of methoxy groups -OCH3 is 1. The van der Waals surface area contributed by atoms with Gasteiger partial charge in [0, 0.05) is 33.2 Å². The van der Waals surface area contributed by atoms with Crippen molar-refractivity contribution in [2.45, 2.75) is 19.4 Å². The maximum atomic E-state index is 12.7. The number of amides is 1. The summed E-state index contributed by atoms with van der Waals surface area (Å²) in [5, 5.41) is 6.18. The zero-order valence-corrected chi connectivity index (χ0v) is 17.2. The van der Waals surface area contributed by atoms with E-state index >= 15 is 0 Å². The summed E-state index contributed by atoms with van der Waals surface area (Å²) in [5.74, 6) is -0.371. The molecule has 0 radical (unpaired) electrons. The molecule has 0 spiro atoms. The predicted molar refractivity (Wildman–Crippen MR) is 107 cm³/mol. The second-order valence-electron chi connectivity index (χ2n) is 7.22. The summed E-state index contributed by atoms with van der Waals surface area (Å²) in [6, 6.07) is 0. The molecular formula is C17H27ClN6O4. The fourth-order valence-corrected chi connectivity index (χ4v) is 3.66. The molecule has 28 heavy (non-hydrogen) atoms. The van der Waals surface area contributed by atoms with Crippen LogP contribution in [0.25, 0.3) is 11.2 Å². The minimum absolute atomic E-state index is 0. The number of imidazole rings is 1. The van der Waals surface area contributed by atoms with Crippen LogP contribution in [0.4, 0.5) is 0 Å². The van der Waals surface area contributed by atoms with Crippen LogP contribution in [0.5, 0.6) is 0 Å². The van der Waals surface area contributed by atoms with Gasteiger partial charge >= 0.3 is 5.69 Å². The van der Waals surface area contributed by atoms with Crippen LogP contribution < -0.4 is 21.9 Å². The van der Waals surface area contributed by atoms with E-state index in [-0.39, 0.29) is 30.3 Å². The number of hydrogen-bond acceptors (Lipinski definition) is 6. The molecule has 1 fully saturated rings. The Kier molecular flexibility index (Phi) is 7.02. The fourth-order valence-electron chi connectivity index (χ4n) is 3.66. The number of carbonyl (C=O) groups excluding carboxylic acids is 1. The molecular weight excluding hydrogens is 388 g/mol. The van der Waals surface area contributed by atoms with E-state index in [9.17, 15) is 14.4 Å². The zero-order valence-electron chi connectivity index (χ0n) is 16.4. The molecule has 1 amide bonds. The molecule has 3 rings (SSSR count). The van der Waals surface area contributed by atoms with Gasteiger partial charge in [-0.2, -0.15) is 0 Å². The third kappa shape index (κ3) is 4.13. The van der Waals surface area contributed by atoms with E-state index in [1.54, 1.807) is 18.7 Å². The highest BCUT2D eigenvalue weighted by Crippen LogP contribution is 2.28. The van der Waals surface area contributed by atoms with Gasteiger partial charge in [-0.1, -0.05) is 0 Å². The van der Waals surface area contributed by atoms with E-state index in [4.69, 9.17) is 4.74 Å². The molecule has 1 saturated heterocycles. The molecule has 1 aliphatic rings. The van der Waals surface area contributed by atoms with Gasteiger partial charge in [0.1, 0.15) is 6.54 Å². The number of piperidine rings is 1. The lowest BCUT2D eigenvalue weighted by Gasteiger charge is -2.37. The number of nitrogens with one attached hydrogen (secondary N) is 2. The molecule has 10 nitrogen and oxygen atoms in total. The Morgan fingerprint density at radius 2 is 2.00 bits per heavy atom. The molecule has 0 atom stereocenters. The van der Waals surface area contributed by atoms with E-state index in [1.165, 1.54) is 17.9 Å². The van der Waals surface area contributed by atoms with Crippen molar-refractivity contribution < 1.29 is 9.53 Å². The standard InChI is InChI=1S/C17H26N6O4.ClH/c1-21-11-20-14-13(21)15(25)23(16(26)22(14)2)8-12(24)19-9-17(10-27-3)4-6-18-7-5-17;/h11,18H,4-10H2,1-3H3,(H,19,24);1H. The lowest BCUT2D eigenvalue weighted by molar-refractivity contribution is -0.122. The van der Waals surface area contributed by atoms with Gasteiger partial charge in [-0.15, -0.1) is 12.4 Å². The zero-order chi connectivity index (χ0) is 19.6. The molecule has 0 saturated carbocycles. The summed E-state index contributed by atoms with van der Waals surface area (Å²) in [7, 11) is 4.86. The number of aromatic nitrogens is 4. The van der Waals surface area contributed by atoms with Crippen LogP contribution in [-0.4, -0.2) is 57.9 Å². The fraction of sp³-hybridized carbons (Fsp3) is 0.647. The Hall–Kier alpha value is -2.17. The van der Waals surface area contributed by atoms with E-state index < -0.39 is 11.2 Å². The largest absolute Gasteiger partial charge is 0.384 e. The highest BCUT2D eigenvalue weighted by molar-refractivity contribution is 5.85. The third-order valence-electron chi connectivity index (χ3n) is 5.28. The Balaban J connectivity index is 0.00000280. The molecule has 0 aliphatic carbocycles. The molecule has 2 aromatic rings. The minimum atomic E-state index is -0.560. The maximum Gasteiger partial charge on any atom is 0.332 e. The second kappa shape index (κ2) is 8.89. The van der Waals surface area contributed by atoms with Crippen molar-refractivity contribution in [1.29, 1.82) is 0 Å². The molecule has 11 heteroatoms. The smallest absolute Gasteiger partial charge is 0.332 e. The van der Waals surface area contributed by atoms with Crippen LogP contribution >= 0.6 is 12.4 Å². The Labute approximate surface area is 168 Å². The summed E-state index contributed by atoms with van der Waals surface area (Å²) >= 11 is 0. The summed E-state index contributed by atoms with van der Waals surface area (Å²) in [4.78, 5) is 41.7. The van der Waals surface area contributed by atoms with E-state index in [0.717, 1.165) is 30.5 Å². The molecule has 0 bridgehead atoms. The van der Waals surface area contributed by atoms with Crippen LogP contribution in [0.2, 0.25) is 0 Å². The Morgan fingerprint density at radius 3 is 2.64 bits per heavy atom. The first-order chi connectivity index (χ1) is 12.9. The van der Waals surface area contributed by atoms with Gasteiger partial charge in [-0.3, -0.25) is 14.2 Å². The van der Waals surface area contributed by atoms with Gasteiger partial charge in [0.15, 0.2) is 11.2 Å². The number of halogens is 1. The van der Waals surface area contributed by atoms with Gasteiger partial charge in [0.05, 0.1) is 12.9 Å². The summed E-state index contributed by atoms with van der Waals surface area (Å²) in [6.07, 6.45) is 3.26. The van der Waals surface area contributed by atoms with E-state index in [1.807, 2.05) is 0 Å². The molecule has 2 aromatic heterocycles. The quantitative estimate of drug-likeness (QED) is 0.626. The first-order valence-electron chi connectivity index (χ1n) is 8.96. The van der Waals surface area contributed by atoms with Crippen molar-refractivity contribution in [2.24, 2.45) is 19.5 Å². The highest BCUT2D eigenvalue weighted by atomic mass is 35.5. The van der Waals surface area contributed by atoms with Gasteiger partial charge < -0.3 is 19.9 Å². The van der Waals surface area contributed by atoms with Crippen molar-refractivity contribution in [3.8, 4) is 0 Å². The van der Waals surface area contributed by atoms with Crippen molar-refractivity contribution in [3.63, 3.8) is 0 Å². The summed E-state index contributed by atoms with van der Waals surface area (Å²) in [5.41, 5.74) is -0.610. The van der Waals surface area contributed by atoms with Gasteiger partial charge in [0.2, 0.25) is 5.91 Å². The normalized spacial score (nSPS) is 16.0.